The molecule has 0 radical (unpaired) electrons. The Morgan fingerprint density at radius 2 is 1.39 bits per heavy atom. The standard InChI is InChI=1S/C29H34N2O2/c1-4-26(33-27-17-11-12-22(2)23(27)3)29(32)31-20-18-30(19-21-31)28(24-13-7-5-8-14-24)25-15-9-6-10-16-25/h5-17,26,28H,4,18-21H2,1-3H3/t26-/m0/s1. The summed E-state index contributed by atoms with van der Waals surface area (Å²) in [5, 5.41) is 0. The highest BCUT2D eigenvalue weighted by Crippen LogP contribution is 2.30. The maximum absolute atomic E-state index is 13.3. The third-order valence-corrected chi connectivity index (χ3v) is 6.69. The van der Waals surface area contributed by atoms with Crippen molar-refractivity contribution < 1.29 is 9.53 Å². The number of carbonyl (C=O) groups is 1. The Morgan fingerprint density at radius 1 is 0.818 bits per heavy atom. The van der Waals surface area contributed by atoms with Crippen molar-refractivity contribution in [1.29, 1.82) is 0 Å². The molecule has 0 aliphatic carbocycles. The van der Waals surface area contributed by atoms with Crippen LogP contribution in [-0.4, -0.2) is 48.0 Å². The number of amides is 1. The molecule has 172 valence electrons. The average Bonchev–Trinajstić information content (AvgIpc) is 2.86. The van der Waals surface area contributed by atoms with Gasteiger partial charge in [-0.25, -0.2) is 0 Å². The molecule has 0 bridgehead atoms. The number of rotatable bonds is 7. The number of ether oxygens (including phenoxy) is 1. The molecule has 3 aromatic rings. The summed E-state index contributed by atoms with van der Waals surface area (Å²) in [6.45, 7) is 9.22. The second-order valence-electron chi connectivity index (χ2n) is 8.80. The van der Waals surface area contributed by atoms with E-state index in [0.29, 0.717) is 19.5 Å². The van der Waals surface area contributed by atoms with E-state index in [9.17, 15) is 4.79 Å². The van der Waals surface area contributed by atoms with Crippen molar-refractivity contribution in [3.05, 3.63) is 101 Å². The van der Waals surface area contributed by atoms with E-state index < -0.39 is 6.10 Å². The van der Waals surface area contributed by atoms with Crippen LogP contribution in [0, 0.1) is 13.8 Å². The minimum absolute atomic E-state index is 0.0917. The fraction of sp³-hybridized carbons (Fsp3) is 0.345. The first-order valence-corrected chi connectivity index (χ1v) is 11.9. The topological polar surface area (TPSA) is 32.8 Å². The molecule has 4 nitrogen and oxygen atoms in total. The number of benzene rings is 3. The van der Waals surface area contributed by atoms with Crippen LogP contribution in [0.4, 0.5) is 0 Å². The highest BCUT2D eigenvalue weighted by atomic mass is 16.5. The van der Waals surface area contributed by atoms with E-state index in [0.717, 1.165) is 24.4 Å². The molecule has 0 N–H and O–H groups in total. The van der Waals surface area contributed by atoms with Gasteiger partial charge < -0.3 is 9.64 Å². The molecule has 0 unspecified atom stereocenters. The van der Waals surface area contributed by atoms with Crippen molar-refractivity contribution in [2.24, 2.45) is 0 Å². The summed E-state index contributed by atoms with van der Waals surface area (Å²) in [6.07, 6.45) is 0.208. The lowest BCUT2D eigenvalue weighted by Crippen LogP contribution is -2.53. The van der Waals surface area contributed by atoms with Crippen LogP contribution in [0.3, 0.4) is 0 Å². The Bertz CT molecular complexity index is 1000. The predicted molar refractivity (Wildman–Crippen MR) is 134 cm³/mol. The smallest absolute Gasteiger partial charge is 0.263 e. The quantitative estimate of drug-likeness (QED) is 0.491. The molecule has 0 aromatic heterocycles. The normalized spacial score (nSPS) is 15.5. The second kappa shape index (κ2) is 10.7. The zero-order chi connectivity index (χ0) is 23.2. The lowest BCUT2D eigenvalue weighted by molar-refractivity contribution is -0.140. The van der Waals surface area contributed by atoms with Gasteiger partial charge in [0.2, 0.25) is 0 Å². The average molecular weight is 443 g/mol. The van der Waals surface area contributed by atoms with Crippen LogP contribution in [0.2, 0.25) is 0 Å². The molecule has 1 atom stereocenters. The molecule has 3 aromatic carbocycles. The first kappa shape index (κ1) is 23.1. The van der Waals surface area contributed by atoms with Crippen LogP contribution >= 0.6 is 0 Å². The largest absolute Gasteiger partial charge is 0.480 e. The summed E-state index contributed by atoms with van der Waals surface area (Å²) in [5.41, 5.74) is 4.85. The van der Waals surface area contributed by atoms with Crippen LogP contribution in [0.5, 0.6) is 5.75 Å². The first-order valence-electron chi connectivity index (χ1n) is 11.9. The fourth-order valence-corrected chi connectivity index (χ4v) is 4.60. The van der Waals surface area contributed by atoms with Crippen LogP contribution in [0.25, 0.3) is 0 Å². The van der Waals surface area contributed by atoms with E-state index in [2.05, 4.69) is 78.6 Å². The predicted octanol–water partition coefficient (Wildman–Crippen LogP) is 5.39. The molecule has 4 heteroatoms. The van der Waals surface area contributed by atoms with Gasteiger partial charge in [0.1, 0.15) is 5.75 Å². The van der Waals surface area contributed by atoms with Crippen LogP contribution < -0.4 is 4.74 Å². The number of piperazine rings is 1. The molecule has 1 aliphatic heterocycles. The molecule has 1 amide bonds. The van der Waals surface area contributed by atoms with Gasteiger partial charge in [-0.1, -0.05) is 79.7 Å². The zero-order valence-corrected chi connectivity index (χ0v) is 19.9. The Morgan fingerprint density at radius 3 is 1.94 bits per heavy atom. The number of hydrogen-bond donors (Lipinski definition) is 0. The lowest BCUT2D eigenvalue weighted by atomic mass is 9.96. The van der Waals surface area contributed by atoms with Gasteiger partial charge in [-0.15, -0.1) is 0 Å². The maximum Gasteiger partial charge on any atom is 0.263 e. The summed E-state index contributed by atoms with van der Waals surface area (Å²) in [4.78, 5) is 17.8. The van der Waals surface area contributed by atoms with E-state index in [-0.39, 0.29) is 11.9 Å². The van der Waals surface area contributed by atoms with Crippen LogP contribution in [-0.2, 0) is 4.79 Å². The Hall–Kier alpha value is -3.11. The van der Waals surface area contributed by atoms with Crippen LogP contribution in [0.1, 0.15) is 41.6 Å². The zero-order valence-electron chi connectivity index (χ0n) is 19.9. The minimum atomic E-state index is -0.448. The lowest BCUT2D eigenvalue weighted by Gasteiger charge is -2.40. The summed E-state index contributed by atoms with van der Waals surface area (Å²) >= 11 is 0. The molecule has 1 fully saturated rings. The fourth-order valence-electron chi connectivity index (χ4n) is 4.60. The highest BCUT2D eigenvalue weighted by molar-refractivity contribution is 5.81. The van der Waals surface area contributed by atoms with E-state index >= 15 is 0 Å². The van der Waals surface area contributed by atoms with Gasteiger partial charge >= 0.3 is 0 Å². The van der Waals surface area contributed by atoms with Crippen LogP contribution in [0.15, 0.2) is 78.9 Å². The van der Waals surface area contributed by atoms with E-state index in [4.69, 9.17) is 4.74 Å². The Kier molecular flexibility index (Phi) is 7.46. The van der Waals surface area contributed by atoms with E-state index in [1.165, 1.54) is 16.7 Å². The van der Waals surface area contributed by atoms with E-state index in [1.54, 1.807) is 0 Å². The van der Waals surface area contributed by atoms with Crippen molar-refractivity contribution in [3.8, 4) is 5.75 Å². The van der Waals surface area contributed by atoms with E-state index in [1.807, 2.05) is 30.9 Å². The van der Waals surface area contributed by atoms with Gasteiger partial charge in [0.05, 0.1) is 6.04 Å². The van der Waals surface area contributed by atoms with Gasteiger partial charge in [0.25, 0.3) is 5.91 Å². The summed E-state index contributed by atoms with van der Waals surface area (Å²) in [5.74, 6) is 0.899. The molecule has 0 saturated carbocycles. The molecule has 33 heavy (non-hydrogen) atoms. The first-order chi connectivity index (χ1) is 16.1. The summed E-state index contributed by atoms with van der Waals surface area (Å²) in [6, 6.07) is 27.5. The highest BCUT2D eigenvalue weighted by Gasteiger charge is 2.31. The Labute approximate surface area is 197 Å². The summed E-state index contributed by atoms with van der Waals surface area (Å²) < 4.78 is 6.20. The van der Waals surface area contributed by atoms with Gasteiger partial charge in [0, 0.05) is 26.2 Å². The van der Waals surface area contributed by atoms with Gasteiger partial charge in [0.15, 0.2) is 6.10 Å². The van der Waals surface area contributed by atoms with Crippen molar-refractivity contribution in [3.63, 3.8) is 0 Å². The molecular formula is C29H34N2O2. The number of aryl methyl sites for hydroxylation is 1. The van der Waals surface area contributed by atoms with Gasteiger partial charge in [-0.05, 0) is 48.6 Å². The maximum atomic E-state index is 13.3. The molecule has 1 saturated heterocycles. The number of carbonyl (C=O) groups excluding carboxylic acids is 1. The minimum Gasteiger partial charge on any atom is -0.480 e. The van der Waals surface area contributed by atoms with Gasteiger partial charge in [-0.3, -0.25) is 9.69 Å². The summed E-state index contributed by atoms with van der Waals surface area (Å²) in [7, 11) is 0. The van der Waals surface area contributed by atoms with Gasteiger partial charge in [-0.2, -0.15) is 0 Å². The molecule has 4 rings (SSSR count). The molecule has 0 spiro atoms. The SMILES string of the molecule is CC[C@H](Oc1cccc(C)c1C)C(=O)N1CCN(C(c2ccccc2)c2ccccc2)CC1. The van der Waals surface area contributed by atoms with Crippen molar-refractivity contribution in [1.82, 2.24) is 9.80 Å². The monoisotopic (exact) mass is 442 g/mol. The molecule has 1 heterocycles. The number of nitrogens with zero attached hydrogens (tertiary/aromatic N) is 2. The second-order valence-corrected chi connectivity index (χ2v) is 8.80. The molecule has 1 aliphatic rings. The third-order valence-electron chi connectivity index (χ3n) is 6.69. The van der Waals surface area contributed by atoms with Crippen molar-refractivity contribution in [2.45, 2.75) is 39.3 Å². The van der Waals surface area contributed by atoms with Crippen molar-refractivity contribution in [2.75, 3.05) is 26.2 Å². The van der Waals surface area contributed by atoms with Crippen molar-refractivity contribution >= 4 is 5.91 Å². The molecular weight excluding hydrogens is 408 g/mol. The number of hydrogen-bond acceptors (Lipinski definition) is 3. The Balaban J connectivity index is 1.45. The third kappa shape index (κ3) is 5.28.